The highest BCUT2D eigenvalue weighted by Crippen LogP contribution is 2.22. The molecule has 0 aliphatic heterocycles. The van der Waals surface area contributed by atoms with Crippen LogP contribution in [0, 0.1) is 0 Å². The zero-order valence-electron chi connectivity index (χ0n) is 11.8. The fourth-order valence-corrected chi connectivity index (χ4v) is 2.25. The van der Waals surface area contributed by atoms with Crippen LogP contribution >= 0.6 is 15.9 Å². The van der Waals surface area contributed by atoms with Gasteiger partial charge in [-0.15, -0.1) is 0 Å². The van der Waals surface area contributed by atoms with Crippen LogP contribution in [0.4, 0.5) is 0 Å². The van der Waals surface area contributed by atoms with E-state index in [0.717, 1.165) is 10.0 Å². The van der Waals surface area contributed by atoms with Gasteiger partial charge in [-0.25, -0.2) is 0 Å². The molecule has 1 atom stereocenters. The SMILES string of the molecule is CCN(CCC(=O)O)C(=O)CC(C)c1ccc(Br)cc1. The molecule has 1 aromatic rings. The van der Waals surface area contributed by atoms with Crippen molar-refractivity contribution in [3.63, 3.8) is 0 Å². The highest BCUT2D eigenvalue weighted by Gasteiger charge is 2.17. The van der Waals surface area contributed by atoms with E-state index in [1.807, 2.05) is 38.1 Å². The molecule has 1 rings (SSSR count). The minimum Gasteiger partial charge on any atom is -0.481 e. The van der Waals surface area contributed by atoms with Gasteiger partial charge in [0, 0.05) is 24.0 Å². The second-order valence-electron chi connectivity index (χ2n) is 4.77. The van der Waals surface area contributed by atoms with Gasteiger partial charge in [0.2, 0.25) is 5.91 Å². The molecule has 0 radical (unpaired) electrons. The van der Waals surface area contributed by atoms with E-state index in [4.69, 9.17) is 5.11 Å². The lowest BCUT2D eigenvalue weighted by Crippen LogP contribution is -2.33. The maximum absolute atomic E-state index is 12.2. The van der Waals surface area contributed by atoms with Gasteiger partial charge in [-0.05, 0) is 30.5 Å². The monoisotopic (exact) mass is 341 g/mol. The molecule has 0 aromatic heterocycles. The third-order valence-electron chi connectivity index (χ3n) is 3.25. The van der Waals surface area contributed by atoms with Crippen LogP contribution in [0.25, 0.3) is 0 Å². The van der Waals surface area contributed by atoms with Crippen LogP contribution in [-0.4, -0.2) is 35.0 Å². The first kappa shape index (κ1) is 16.7. The van der Waals surface area contributed by atoms with Crippen molar-refractivity contribution >= 4 is 27.8 Å². The van der Waals surface area contributed by atoms with E-state index < -0.39 is 5.97 Å². The predicted molar refractivity (Wildman–Crippen MR) is 81.7 cm³/mol. The smallest absolute Gasteiger partial charge is 0.305 e. The molecule has 4 nitrogen and oxygen atoms in total. The van der Waals surface area contributed by atoms with Crippen molar-refractivity contribution in [2.24, 2.45) is 0 Å². The zero-order valence-corrected chi connectivity index (χ0v) is 13.4. The average molecular weight is 342 g/mol. The molecule has 0 fully saturated rings. The molecule has 1 N–H and O–H groups in total. The van der Waals surface area contributed by atoms with Gasteiger partial charge in [0.25, 0.3) is 0 Å². The van der Waals surface area contributed by atoms with Crippen LogP contribution in [0.1, 0.15) is 38.2 Å². The highest BCUT2D eigenvalue weighted by atomic mass is 79.9. The van der Waals surface area contributed by atoms with Crippen LogP contribution in [-0.2, 0) is 9.59 Å². The molecule has 110 valence electrons. The van der Waals surface area contributed by atoms with E-state index in [2.05, 4.69) is 15.9 Å². The van der Waals surface area contributed by atoms with Crippen molar-refractivity contribution in [2.45, 2.75) is 32.6 Å². The van der Waals surface area contributed by atoms with Gasteiger partial charge in [0.15, 0.2) is 0 Å². The summed E-state index contributed by atoms with van der Waals surface area (Å²) in [6.07, 6.45) is 0.390. The summed E-state index contributed by atoms with van der Waals surface area (Å²) < 4.78 is 1.01. The number of hydrogen-bond acceptors (Lipinski definition) is 2. The summed E-state index contributed by atoms with van der Waals surface area (Å²) in [5.74, 6) is -0.754. The molecule has 0 aliphatic rings. The van der Waals surface area contributed by atoms with Gasteiger partial charge in [0.05, 0.1) is 6.42 Å². The van der Waals surface area contributed by atoms with Crippen molar-refractivity contribution < 1.29 is 14.7 Å². The maximum Gasteiger partial charge on any atom is 0.305 e. The topological polar surface area (TPSA) is 57.6 Å². The summed E-state index contributed by atoms with van der Waals surface area (Å²) in [5.41, 5.74) is 1.11. The number of halogens is 1. The second-order valence-corrected chi connectivity index (χ2v) is 5.69. The Kier molecular flexibility index (Phi) is 6.71. The largest absolute Gasteiger partial charge is 0.481 e. The Labute approximate surface area is 127 Å². The van der Waals surface area contributed by atoms with Crippen LogP contribution in [0.3, 0.4) is 0 Å². The summed E-state index contributed by atoms with van der Waals surface area (Å²) in [6, 6.07) is 7.90. The fraction of sp³-hybridized carbons (Fsp3) is 0.467. The predicted octanol–water partition coefficient (Wildman–Crippen LogP) is 3.27. The quantitative estimate of drug-likeness (QED) is 0.827. The van der Waals surface area contributed by atoms with Crippen molar-refractivity contribution in [3.8, 4) is 0 Å². The summed E-state index contributed by atoms with van der Waals surface area (Å²) in [4.78, 5) is 24.3. The Morgan fingerprint density at radius 3 is 2.40 bits per heavy atom. The summed E-state index contributed by atoms with van der Waals surface area (Å²) in [5, 5.41) is 8.68. The van der Waals surface area contributed by atoms with Crippen molar-refractivity contribution in [2.75, 3.05) is 13.1 Å². The van der Waals surface area contributed by atoms with Gasteiger partial charge in [-0.2, -0.15) is 0 Å². The fourth-order valence-electron chi connectivity index (χ4n) is 1.99. The van der Waals surface area contributed by atoms with E-state index in [0.29, 0.717) is 13.0 Å². The Balaban J connectivity index is 2.58. The Morgan fingerprint density at radius 2 is 1.90 bits per heavy atom. The molecule has 0 heterocycles. The highest BCUT2D eigenvalue weighted by molar-refractivity contribution is 9.10. The summed E-state index contributed by atoms with van der Waals surface area (Å²) >= 11 is 3.38. The molecular formula is C15H20BrNO3. The lowest BCUT2D eigenvalue weighted by molar-refractivity contribution is -0.138. The van der Waals surface area contributed by atoms with Crippen LogP contribution in [0.2, 0.25) is 0 Å². The van der Waals surface area contributed by atoms with Crippen molar-refractivity contribution in [3.05, 3.63) is 34.3 Å². The molecule has 0 saturated heterocycles. The van der Waals surface area contributed by atoms with Gasteiger partial charge in [0.1, 0.15) is 0 Å². The van der Waals surface area contributed by atoms with E-state index in [1.165, 1.54) is 0 Å². The molecule has 0 bridgehead atoms. The standard InChI is InChI=1S/C15H20BrNO3/c1-3-17(9-8-15(19)20)14(18)10-11(2)12-4-6-13(16)7-5-12/h4-7,11H,3,8-10H2,1-2H3,(H,19,20). The number of nitrogens with zero attached hydrogens (tertiary/aromatic N) is 1. The number of amides is 1. The van der Waals surface area contributed by atoms with Crippen LogP contribution in [0.5, 0.6) is 0 Å². The average Bonchev–Trinajstić information content (AvgIpc) is 2.39. The van der Waals surface area contributed by atoms with E-state index in [9.17, 15) is 9.59 Å². The van der Waals surface area contributed by atoms with Crippen molar-refractivity contribution in [1.29, 1.82) is 0 Å². The molecule has 1 aromatic carbocycles. The number of hydrogen-bond donors (Lipinski definition) is 1. The van der Waals surface area contributed by atoms with Gasteiger partial charge in [-0.3, -0.25) is 9.59 Å². The number of benzene rings is 1. The van der Waals surface area contributed by atoms with Gasteiger partial charge < -0.3 is 10.0 Å². The van der Waals surface area contributed by atoms with Crippen LogP contribution < -0.4 is 0 Å². The number of carboxylic acid groups (broad SMARTS) is 1. The Bertz CT molecular complexity index is 459. The molecule has 0 saturated carbocycles. The third kappa shape index (κ3) is 5.33. The van der Waals surface area contributed by atoms with E-state index in [1.54, 1.807) is 4.90 Å². The first-order valence-electron chi connectivity index (χ1n) is 6.69. The minimum absolute atomic E-state index is 0.00386. The first-order valence-corrected chi connectivity index (χ1v) is 7.48. The van der Waals surface area contributed by atoms with Gasteiger partial charge >= 0.3 is 5.97 Å². The lowest BCUT2D eigenvalue weighted by atomic mass is 9.97. The maximum atomic E-state index is 12.2. The molecule has 0 aliphatic carbocycles. The molecular weight excluding hydrogens is 322 g/mol. The molecule has 0 spiro atoms. The number of rotatable bonds is 7. The Morgan fingerprint density at radius 1 is 1.30 bits per heavy atom. The minimum atomic E-state index is -0.878. The lowest BCUT2D eigenvalue weighted by Gasteiger charge is -2.22. The molecule has 5 heteroatoms. The Hall–Kier alpha value is -1.36. The first-order chi connectivity index (χ1) is 9.43. The zero-order chi connectivity index (χ0) is 15.1. The molecule has 20 heavy (non-hydrogen) atoms. The van der Waals surface area contributed by atoms with Crippen LogP contribution in [0.15, 0.2) is 28.7 Å². The second kappa shape index (κ2) is 8.04. The summed E-state index contributed by atoms with van der Waals surface area (Å²) in [6.45, 7) is 4.69. The molecule has 1 amide bonds. The normalized spacial score (nSPS) is 11.9. The van der Waals surface area contributed by atoms with Crippen molar-refractivity contribution in [1.82, 2.24) is 4.90 Å². The number of carbonyl (C=O) groups is 2. The van der Waals surface area contributed by atoms with E-state index >= 15 is 0 Å². The number of aliphatic carboxylic acids is 1. The number of carboxylic acids is 1. The molecule has 1 unspecified atom stereocenters. The third-order valence-corrected chi connectivity index (χ3v) is 3.78. The van der Waals surface area contributed by atoms with Gasteiger partial charge in [-0.1, -0.05) is 35.0 Å². The number of carbonyl (C=O) groups excluding carboxylic acids is 1. The summed E-state index contributed by atoms with van der Waals surface area (Å²) in [7, 11) is 0. The van der Waals surface area contributed by atoms with E-state index in [-0.39, 0.29) is 24.8 Å².